The van der Waals surface area contributed by atoms with E-state index in [1.54, 1.807) is 23.9 Å². The number of halogens is 2. The second-order valence-electron chi connectivity index (χ2n) is 6.06. The number of nitrogens with zero attached hydrogens (tertiary/aromatic N) is 1. The molecule has 1 saturated carbocycles. The van der Waals surface area contributed by atoms with Gasteiger partial charge in [0.25, 0.3) is 0 Å². The Morgan fingerprint density at radius 1 is 1.44 bits per heavy atom. The molecule has 1 unspecified atom stereocenters. The van der Waals surface area contributed by atoms with Crippen molar-refractivity contribution < 1.29 is 9.13 Å². The number of hydrogen-bond donors (Lipinski definition) is 2. The first kappa shape index (κ1) is 22.3. The predicted molar refractivity (Wildman–Crippen MR) is 116 cm³/mol. The largest absolute Gasteiger partial charge is 0.490 e. The topological polar surface area (TPSA) is 45.7 Å². The van der Waals surface area contributed by atoms with E-state index in [0.29, 0.717) is 18.3 Å². The van der Waals surface area contributed by atoms with Gasteiger partial charge in [-0.2, -0.15) is 11.8 Å². The first-order chi connectivity index (χ1) is 11.6. The summed E-state index contributed by atoms with van der Waals surface area (Å²) in [6.45, 7) is 6.20. The van der Waals surface area contributed by atoms with Crippen LogP contribution in [-0.4, -0.2) is 37.7 Å². The quantitative estimate of drug-likeness (QED) is 0.240. The van der Waals surface area contributed by atoms with Crippen molar-refractivity contribution in [3.8, 4) is 5.75 Å². The molecule has 2 N–H and O–H groups in total. The van der Waals surface area contributed by atoms with Gasteiger partial charge in [0.15, 0.2) is 17.5 Å². The molecule has 0 amide bonds. The molecule has 1 aromatic rings. The Labute approximate surface area is 171 Å². The predicted octanol–water partition coefficient (Wildman–Crippen LogP) is 4.21. The normalized spacial score (nSPS) is 15.3. The SMILES string of the molecule is CCNC(=NCCSC)NC(C)c1ccc(OCC2CC2)c(F)c1.I. The smallest absolute Gasteiger partial charge is 0.191 e. The van der Waals surface area contributed by atoms with Crippen LogP contribution in [0.25, 0.3) is 0 Å². The number of nitrogens with one attached hydrogen (secondary N) is 2. The Kier molecular flexibility index (Phi) is 10.6. The Balaban J connectivity index is 0.00000312. The second kappa shape index (κ2) is 11.8. The van der Waals surface area contributed by atoms with Crippen LogP contribution in [0.5, 0.6) is 5.75 Å². The van der Waals surface area contributed by atoms with Gasteiger partial charge in [0.1, 0.15) is 0 Å². The molecule has 0 radical (unpaired) electrons. The monoisotopic (exact) mass is 481 g/mol. The summed E-state index contributed by atoms with van der Waals surface area (Å²) < 4.78 is 19.8. The minimum Gasteiger partial charge on any atom is -0.490 e. The summed E-state index contributed by atoms with van der Waals surface area (Å²) in [5.74, 6) is 2.40. The number of aliphatic imine (C=N–C) groups is 1. The maximum absolute atomic E-state index is 14.2. The number of rotatable bonds is 9. The van der Waals surface area contributed by atoms with Crippen LogP contribution in [0, 0.1) is 11.7 Å². The molecule has 0 heterocycles. The van der Waals surface area contributed by atoms with Crippen LogP contribution in [-0.2, 0) is 0 Å². The molecular weight excluding hydrogens is 452 g/mol. The third kappa shape index (κ3) is 8.02. The van der Waals surface area contributed by atoms with Crippen LogP contribution in [0.3, 0.4) is 0 Å². The zero-order valence-electron chi connectivity index (χ0n) is 15.2. The molecule has 2 rings (SSSR count). The van der Waals surface area contributed by atoms with Crippen molar-refractivity contribution in [1.82, 2.24) is 10.6 Å². The lowest BCUT2D eigenvalue weighted by Gasteiger charge is -2.19. The maximum atomic E-state index is 14.2. The molecule has 1 aromatic carbocycles. The summed E-state index contributed by atoms with van der Waals surface area (Å²) in [6.07, 6.45) is 4.46. The Hall–Kier alpha value is -0.700. The fourth-order valence-corrected chi connectivity index (χ4v) is 2.53. The van der Waals surface area contributed by atoms with Gasteiger partial charge in [-0.1, -0.05) is 6.07 Å². The molecule has 7 heteroatoms. The van der Waals surface area contributed by atoms with Gasteiger partial charge in [0, 0.05) is 12.3 Å². The van der Waals surface area contributed by atoms with Crippen LogP contribution in [0.2, 0.25) is 0 Å². The average molecular weight is 481 g/mol. The number of ether oxygens (including phenoxy) is 1. The second-order valence-corrected chi connectivity index (χ2v) is 7.05. The van der Waals surface area contributed by atoms with Crippen LogP contribution < -0.4 is 15.4 Å². The number of thioether (sulfide) groups is 1. The van der Waals surface area contributed by atoms with Gasteiger partial charge in [0.2, 0.25) is 0 Å². The highest BCUT2D eigenvalue weighted by atomic mass is 127. The van der Waals surface area contributed by atoms with Crippen LogP contribution in [0.4, 0.5) is 4.39 Å². The van der Waals surface area contributed by atoms with Crippen molar-refractivity contribution in [3.63, 3.8) is 0 Å². The molecule has 1 aliphatic rings. The van der Waals surface area contributed by atoms with Gasteiger partial charge in [0.05, 0.1) is 19.2 Å². The molecule has 142 valence electrons. The number of guanidine groups is 1. The van der Waals surface area contributed by atoms with E-state index in [0.717, 1.165) is 30.4 Å². The zero-order valence-corrected chi connectivity index (χ0v) is 18.3. The average Bonchev–Trinajstić information content (AvgIpc) is 3.38. The van der Waals surface area contributed by atoms with Crippen molar-refractivity contribution in [1.29, 1.82) is 0 Å². The van der Waals surface area contributed by atoms with Gasteiger partial charge in [-0.25, -0.2) is 4.39 Å². The fourth-order valence-electron chi connectivity index (χ4n) is 2.25. The molecule has 0 bridgehead atoms. The highest BCUT2D eigenvalue weighted by Crippen LogP contribution is 2.30. The van der Waals surface area contributed by atoms with Gasteiger partial charge >= 0.3 is 0 Å². The summed E-state index contributed by atoms with van der Waals surface area (Å²) in [5, 5.41) is 6.54. The molecular formula is C18H29FIN3OS. The van der Waals surface area contributed by atoms with Crippen LogP contribution in [0.1, 0.15) is 38.3 Å². The highest BCUT2D eigenvalue weighted by Gasteiger charge is 2.22. The van der Waals surface area contributed by atoms with Gasteiger partial charge in [-0.05, 0) is 56.6 Å². The lowest BCUT2D eigenvalue weighted by molar-refractivity contribution is 0.285. The molecule has 0 saturated heterocycles. The molecule has 0 aromatic heterocycles. The standard InChI is InChI=1S/C18H28FN3OS.HI/c1-4-20-18(21-9-10-24-3)22-13(2)15-7-8-17(16(19)11-15)23-12-14-5-6-14;/h7-8,11,13-14H,4-6,9-10,12H2,1-3H3,(H2,20,21,22);1H. The lowest BCUT2D eigenvalue weighted by atomic mass is 10.1. The van der Waals surface area contributed by atoms with Gasteiger partial charge in [-0.3, -0.25) is 4.99 Å². The summed E-state index contributed by atoms with van der Waals surface area (Å²) in [7, 11) is 0. The van der Waals surface area contributed by atoms with E-state index in [2.05, 4.69) is 21.9 Å². The third-order valence-electron chi connectivity index (χ3n) is 3.89. The summed E-state index contributed by atoms with van der Waals surface area (Å²) in [6, 6.07) is 5.15. The fraction of sp³-hybridized carbons (Fsp3) is 0.611. The molecule has 1 fully saturated rings. The Morgan fingerprint density at radius 3 is 2.80 bits per heavy atom. The van der Waals surface area contributed by atoms with E-state index in [4.69, 9.17) is 4.74 Å². The zero-order chi connectivity index (χ0) is 17.4. The van der Waals surface area contributed by atoms with E-state index in [1.807, 2.05) is 19.9 Å². The van der Waals surface area contributed by atoms with Gasteiger partial charge < -0.3 is 15.4 Å². The first-order valence-electron chi connectivity index (χ1n) is 8.60. The summed E-state index contributed by atoms with van der Waals surface area (Å²) >= 11 is 1.77. The lowest BCUT2D eigenvalue weighted by Crippen LogP contribution is -2.39. The molecule has 1 aliphatic carbocycles. The number of hydrogen-bond acceptors (Lipinski definition) is 3. The van der Waals surface area contributed by atoms with Crippen LogP contribution in [0.15, 0.2) is 23.2 Å². The number of benzene rings is 1. The van der Waals surface area contributed by atoms with E-state index in [1.165, 1.54) is 12.8 Å². The van der Waals surface area contributed by atoms with Crippen molar-refractivity contribution in [2.75, 3.05) is 31.7 Å². The van der Waals surface area contributed by atoms with E-state index in [9.17, 15) is 4.39 Å². The van der Waals surface area contributed by atoms with Crippen molar-refractivity contribution in [2.45, 2.75) is 32.7 Å². The minimum atomic E-state index is -0.300. The van der Waals surface area contributed by atoms with Crippen LogP contribution >= 0.6 is 35.7 Å². The van der Waals surface area contributed by atoms with Crippen molar-refractivity contribution >= 4 is 41.7 Å². The molecule has 0 spiro atoms. The van der Waals surface area contributed by atoms with Gasteiger partial charge in [-0.15, -0.1) is 24.0 Å². The molecule has 0 aliphatic heterocycles. The highest BCUT2D eigenvalue weighted by molar-refractivity contribution is 14.0. The Morgan fingerprint density at radius 2 is 2.20 bits per heavy atom. The molecule has 4 nitrogen and oxygen atoms in total. The molecule has 25 heavy (non-hydrogen) atoms. The van der Waals surface area contributed by atoms with Crippen molar-refractivity contribution in [3.05, 3.63) is 29.6 Å². The summed E-state index contributed by atoms with van der Waals surface area (Å²) in [4.78, 5) is 4.52. The van der Waals surface area contributed by atoms with E-state index >= 15 is 0 Å². The minimum absolute atomic E-state index is 0. The van der Waals surface area contributed by atoms with E-state index < -0.39 is 0 Å². The van der Waals surface area contributed by atoms with E-state index in [-0.39, 0.29) is 35.8 Å². The summed E-state index contributed by atoms with van der Waals surface area (Å²) in [5.41, 5.74) is 0.877. The third-order valence-corrected chi connectivity index (χ3v) is 4.48. The maximum Gasteiger partial charge on any atom is 0.191 e. The Bertz CT molecular complexity index is 555. The molecule has 1 atom stereocenters. The van der Waals surface area contributed by atoms with Crippen molar-refractivity contribution in [2.24, 2.45) is 10.9 Å². The first-order valence-corrected chi connectivity index (χ1v) is 9.99.